The van der Waals surface area contributed by atoms with Gasteiger partial charge in [0.1, 0.15) is 11.6 Å². The molecule has 0 aliphatic rings. The number of carbonyl (C=O) groups is 1. The van der Waals surface area contributed by atoms with Crippen LogP contribution in [0.15, 0.2) is 48.5 Å². The Morgan fingerprint density at radius 1 is 1.20 bits per heavy atom. The van der Waals surface area contributed by atoms with E-state index in [-0.39, 0.29) is 10.9 Å². The second-order valence-corrected chi connectivity index (χ2v) is 5.74. The summed E-state index contributed by atoms with van der Waals surface area (Å²) in [7, 11) is 0. The Balaban J connectivity index is 1.79. The number of anilines is 1. The van der Waals surface area contributed by atoms with Crippen molar-refractivity contribution in [3.05, 3.63) is 59.9 Å². The molecule has 0 unspecified atom stereocenters. The number of hydrogen-bond acceptors (Lipinski definition) is 3. The van der Waals surface area contributed by atoms with Gasteiger partial charge in [0.25, 0.3) is 5.91 Å². The van der Waals surface area contributed by atoms with Crippen molar-refractivity contribution in [3.8, 4) is 5.75 Å². The molecule has 5 nitrogen and oxygen atoms in total. The van der Waals surface area contributed by atoms with Crippen molar-refractivity contribution in [1.29, 1.82) is 0 Å². The summed E-state index contributed by atoms with van der Waals surface area (Å²) in [5.74, 6) is -0.369. The molecule has 0 saturated carbocycles. The van der Waals surface area contributed by atoms with Crippen molar-refractivity contribution in [2.24, 2.45) is 0 Å². The van der Waals surface area contributed by atoms with Crippen molar-refractivity contribution in [1.82, 2.24) is 10.9 Å². The van der Waals surface area contributed by atoms with Gasteiger partial charge in [-0.2, -0.15) is 0 Å². The zero-order valence-electron chi connectivity index (χ0n) is 14.0. The van der Waals surface area contributed by atoms with Crippen LogP contribution in [0.4, 0.5) is 10.1 Å². The third kappa shape index (κ3) is 6.04. The Kier molecular flexibility index (Phi) is 6.71. The lowest BCUT2D eigenvalue weighted by Gasteiger charge is -2.16. The van der Waals surface area contributed by atoms with Crippen molar-refractivity contribution in [2.75, 3.05) is 5.32 Å². The van der Waals surface area contributed by atoms with Crippen LogP contribution >= 0.6 is 12.2 Å². The van der Waals surface area contributed by atoms with E-state index in [0.29, 0.717) is 5.75 Å². The Morgan fingerprint density at radius 2 is 1.92 bits per heavy atom. The first kappa shape index (κ1) is 18.7. The van der Waals surface area contributed by atoms with Crippen LogP contribution in [0.1, 0.15) is 19.4 Å². The first-order valence-electron chi connectivity index (χ1n) is 7.86. The van der Waals surface area contributed by atoms with E-state index < -0.39 is 12.0 Å². The highest BCUT2D eigenvalue weighted by molar-refractivity contribution is 7.80. The molecule has 2 aromatic carbocycles. The minimum Gasteiger partial charge on any atom is -0.481 e. The number of nitrogens with one attached hydrogen (secondary N) is 3. The molecule has 0 saturated heterocycles. The summed E-state index contributed by atoms with van der Waals surface area (Å²) < 4.78 is 18.3. The summed E-state index contributed by atoms with van der Waals surface area (Å²) in [6, 6.07) is 13.3. The summed E-state index contributed by atoms with van der Waals surface area (Å²) in [6.07, 6.45) is 0.147. The molecule has 2 aromatic rings. The predicted molar refractivity (Wildman–Crippen MR) is 99.8 cm³/mol. The molecular formula is C18H20FN3O2S. The van der Waals surface area contributed by atoms with E-state index in [0.717, 1.165) is 12.1 Å². The van der Waals surface area contributed by atoms with Gasteiger partial charge in [-0.1, -0.05) is 19.1 Å². The summed E-state index contributed by atoms with van der Waals surface area (Å²) in [5.41, 5.74) is 7.11. The molecule has 0 heterocycles. The van der Waals surface area contributed by atoms with Crippen LogP contribution in [0.3, 0.4) is 0 Å². The number of benzene rings is 2. The number of hydrazine groups is 1. The average Bonchev–Trinajstić information content (AvgIpc) is 2.61. The van der Waals surface area contributed by atoms with Gasteiger partial charge >= 0.3 is 0 Å². The van der Waals surface area contributed by atoms with E-state index in [2.05, 4.69) is 23.1 Å². The summed E-state index contributed by atoms with van der Waals surface area (Å²) in [5, 5.41) is 3.25. The van der Waals surface area contributed by atoms with Gasteiger partial charge in [0, 0.05) is 5.69 Å². The van der Waals surface area contributed by atoms with Gasteiger partial charge in [-0.15, -0.1) is 0 Å². The number of thiocarbonyl (C=S) groups is 1. The molecule has 0 aliphatic heterocycles. The van der Waals surface area contributed by atoms with E-state index in [1.165, 1.54) is 29.8 Å². The number of aryl methyl sites for hydroxylation is 1. The first-order chi connectivity index (χ1) is 12.0. The van der Waals surface area contributed by atoms with Crippen molar-refractivity contribution >= 4 is 28.9 Å². The molecule has 0 bridgehead atoms. The number of hydrogen-bond donors (Lipinski definition) is 3. The maximum atomic E-state index is 12.9. The van der Waals surface area contributed by atoms with E-state index >= 15 is 0 Å². The number of rotatable bonds is 5. The number of ether oxygens (including phenoxy) is 1. The topological polar surface area (TPSA) is 62.4 Å². The number of carbonyl (C=O) groups excluding carboxylic acids is 1. The lowest BCUT2D eigenvalue weighted by atomic mass is 10.1. The molecule has 3 N–H and O–H groups in total. The lowest BCUT2D eigenvalue weighted by Crippen LogP contribution is -2.48. The fourth-order valence-electron chi connectivity index (χ4n) is 2.02. The van der Waals surface area contributed by atoms with Crippen LogP contribution in [-0.2, 0) is 11.2 Å². The fourth-order valence-corrected chi connectivity index (χ4v) is 2.19. The molecule has 1 atom stereocenters. The Morgan fingerprint density at radius 3 is 2.60 bits per heavy atom. The largest absolute Gasteiger partial charge is 0.481 e. The summed E-state index contributed by atoms with van der Waals surface area (Å²) >= 11 is 5.15. The van der Waals surface area contributed by atoms with Gasteiger partial charge in [-0.25, -0.2) is 4.39 Å². The van der Waals surface area contributed by atoms with Crippen molar-refractivity contribution < 1.29 is 13.9 Å². The van der Waals surface area contributed by atoms with Gasteiger partial charge in [-0.3, -0.25) is 15.6 Å². The number of amides is 1. The molecule has 0 aliphatic carbocycles. The molecule has 25 heavy (non-hydrogen) atoms. The molecule has 0 fully saturated rings. The van der Waals surface area contributed by atoms with E-state index in [1.54, 1.807) is 6.92 Å². The van der Waals surface area contributed by atoms with Crippen LogP contribution in [0.5, 0.6) is 5.75 Å². The Labute approximate surface area is 151 Å². The first-order valence-corrected chi connectivity index (χ1v) is 8.26. The highest BCUT2D eigenvalue weighted by Crippen LogP contribution is 2.13. The van der Waals surface area contributed by atoms with Gasteiger partial charge in [0.05, 0.1) is 0 Å². The second kappa shape index (κ2) is 8.98. The lowest BCUT2D eigenvalue weighted by molar-refractivity contribution is -0.127. The summed E-state index contributed by atoms with van der Waals surface area (Å²) in [6.45, 7) is 3.65. The smallest absolute Gasteiger partial charge is 0.279 e. The molecule has 7 heteroatoms. The maximum Gasteiger partial charge on any atom is 0.279 e. The van der Waals surface area contributed by atoms with Crippen molar-refractivity contribution in [3.63, 3.8) is 0 Å². The molecule has 132 valence electrons. The maximum absolute atomic E-state index is 12.9. The van der Waals surface area contributed by atoms with E-state index in [9.17, 15) is 9.18 Å². The summed E-state index contributed by atoms with van der Waals surface area (Å²) in [4.78, 5) is 12.0. The average molecular weight is 361 g/mol. The van der Waals surface area contributed by atoms with E-state index in [4.69, 9.17) is 17.0 Å². The highest BCUT2D eigenvalue weighted by atomic mass is 32.1. The van der Waals surface area contributed by atoms with Crippen LogP contribution < -0.4 is 20.9 Å². The van der Waals surface area contributed by atoms with E-state index in [1.807, 2.05) is 24.3 Å². The SMILES string of the molecule is CCc1cccc(NC(=S)NNC(=O)[C@@H](C)Oc2ccc(F)cc2)c1. The Bertz CT molecular complexity index is 737. The predicted octanol–water partition coefficient (Wildman–Crippen LogP) is 3.17. The fraction of sp³-hybridized carbons (Fsp3) is 0.222. The quantitative estimate of drug-likeness (QED) is 0.564. The molecule has 0 radical (unpaired) electrons. The molecule has 0 spiro atoms. The third-order valence-corrected chi connectivity index (χ3v) is 3.59. The normalized spacial score (nSPS) is 11.3. The minimum atomic E-state index is -0.774. The van der Waals surface area contributed by atoms with Crippen LogP contribution in [-0.4, -0.2) is 17.1 Å². The monoisotopic (exact) mass is 361 g/mol. The van der Waals surface area contributed by atoms with Crippen molar-refractivity contribution in [2.45, 2.75) is 26.4 Å². The van der Waals surface area contributed by atoms with Gasteiger partial charge in [0.15, 0.2) is 11.2 Å². The van der Waals surface area contributed by atoms with Crippen LogP contribution in [0.25, 0.3) is 0 Å². The van der Waals surface area contributed by atoms with Gasteiger partial charge in [0.2, 0.25) is 0 Å². The molecular weight excluding hydrogens is 341 g/mol. The second-order valence-electron chi connectivity index (χ2n) is 5.34. The zero-order chi connectivity index (χ0) is 18.2. The minimum absolute atomic E-state index is 0.260. The highest BCUT2D eigenvalue weighted by Gasteiger charge is 2.14. The molecule has 0 aromatic heterocycles. The van der Waals surface area contributed by atoms with Crippen LogP contribution in [0.2, 0.25) is 0 Å². The molecule has 2 rings (SSSR count). The third-order valence-electron chi connectivity index (χ3n) is 3.39. The number of halogens is 1. The molecule has 1 amide bonds. The van der Waals surface area contributed by atoms with Gasteiger partial charge in [-0.05, 0) is 67.5 Å². The van der Waals surface area contributed by atoms with Crippen LogP contribution in [0, 0.1) is 5.82 Å². The standard InChI is InChI=1S/C18H20FN3O2S/c1-3-13-5-4-6-15(11-13)20-18(25)22-21-17(23)12(2)24-16-9-7-14(19)8-10-16/h4-12H,3H2,1-2H3,(H,21,23)(H2,20,22,25)/t12-/m1/s1. The van der Waals surface area contributed by atoms with Gasteiger partial charge < -0.3 is 10.1 Å². The zero-order valence-corrected chi connectivity index (χ0v) is 14.8. The Hall–Kier alpha value is -2.67.